The molecule has 0 radical (unpaired) electrons. The number of rotatable bonds is 3. The molecular formula is C11H12F2N2O. The summed E-state index contributed by atoms with van der Waals surface area (Å²) in [6, 6.07) is 1.63. The van der Waals surface area contributed by atoms with Gasteiger partial charge in [-0.15, -0.1) is 0 Å². The van der Waals surface area contributed by atoms with E-state index >= 15 is 0 Å². The Kier molecular flexibility index (Phi) is 2.61. The number of hydrogen-bond acceptors (Lipinski definition) is 2. The van der Waals surface area contributed by atoms with Gasteiger partial charge in [-0.2, -0.15) is 0 Å². The Morgan fingerprint density at radius 2 is 2.19 bits per heavy atom. The van der Waals surface area contributed by atoms with Gasteiger partial charge in [0, 0.05) is 12.4 Å². The normalized spacial score (nSPS) is 17.2. The van der Waals surface area contributed by atoms with Crippen LogP contribution >= 0.6 is 0 Å². The zero-order chi connectivity index (χ0) is 11.8. The first-order valence-electron chi connectivity index (χ1n) is 5.06. The molecule has 0 spiro atoms. The molecule has 1 heterocycles. The third kappa shape index (κ3) is 2.03. The number of hydrogen-bond donors (Lipinski definition) is 1. The third-order valence-electron chi connectivity index (χ3n) is 2.71. The fourth-order valence-corrected chi connectivity index (χ4v) is 1.51. The zero-order valence-corrected chi connectivity index (χ0v) is 8.84. The lowest BCUT2D eigenvalue weighted by Crippen LogP contribution is -2.42. The molecule has 16 heavy (non-hydrogen) atoms. The van der Waals surface area contributed by atoms with Crippen LogP contribution in [0, 0.1) is 6.92 Å². The first-order valence-corrected chi connectivity index (χ1v) is 5.06. The number of aryl methyl sites for hydroxylation is 1. The second-order valence-corrected chi connectivity index (χ2v) is 4.16. The maximum atomic E-state index is 12.6. The smallest absolute Gasteiger partial charge is 0.261 e. The molecular weight excluding hydrogens is 214 g/mol. The molecule has 0 aliphatic heterocycles. The van der Waals surface area contributed by atoms with Gasteiger partial charge in [-0.1, -0.05) is 0 Å². The average molecular weight is 226 g/mol. The van der Waals surface area contributed by atoms with Crippen molar-refractivity contribution < 1.29 is 13.6 Å². The molecule has 1 saturated carbocycles. The van der Waals surface area contributed by atoms with Crippen molar-refractivity contribution in [2.24, 2.45) is 0 Å². The molecule has 3 nitrogen and oxygen atoms in total. The van der Waals surface area contributed by atoms with Gasteiger partial charge in [0.15, 0.2) is 0 Å². The molecule has 0 saturated heterocycles. The standard InChI is InChI=1S/C11H12F2N2O/c1-7-4-8(6-14-5-7)9(16)15-11(2-3-11)10(12)13/h4-6,10H,2-3H2,1H3,(H,15,16). The number of carbonyl (C=O) groups excluding carboxylic acids is 1. The molecule has 1 N–H and O–H groups in total. The Morgan fingerprint density at radius 1 is 1.50 bits per heavy atom. The quantitative estimate of drug-likeness (QED) is 0.855. The second kappa shape index (κ2) is 3.81. The maximum absolute atomic E-state index is 12.6. The summed E-state index contributed by atoms with van der Waals surface area (Å²) in [5.41, 5.74) is -0.137. The molecule has 1 aliphatic rings. The minimum Gasteiger partial charge on any atom is -0.341 e. The molecule has 1 fully saturated rings. The second-order valence-electron chi connectivity index (χ2n) is 4.16. The minimum atomic E-state index is -2.51. The molecule has 0 unspecified atom stereocenters. The molecule has 1 amide bonds. The average Bonchev–Trinajstić information content (AvgIpc) is 2.99. The van der Waals surface area contributed by atoms with Crippen molar-refractivity contribution in [3.05, 3.63) is 29.6 Å². The van der Waals surface area contributed by atoms with Crippen LogP contribution < -0.4 is 5.32 Å². The summed E-state index contributed by atoms with van der Waals surface area (Å²) in [4.78, 5) is 15.5. The van der Waals surface area contributed by atoms with Gasteiger partial charge in [-0.05, 0) is 31.4 Å². The summed E-state index contributed by atoms with van der Waals surface area (Å²) in [7, 11) is 0. The van der Waals surface area contributed by atoms with E-state index in [1.54, 1.807) is 19.2 Å². The molecule has 0 bridgehead atoms. The number of aromatic nitrogens is 1. The van der Waals surface area contributed by atoms with Crippen LogP contribution in [0.25, 0.3) is 0 Å². The predicted molar refractivity (Wildman–Crippen MR) is 54.4 cm³/mol. The third-order valence-corrected chi connectivity index (χ3v) is 2.71. The Hall–Kier alpha value is -1.52. The van der Waals surface area contributed by atoms with Crippen molar-refractivity contribution in [1.82, 2.24) is 10.3 Å². The Bertz CT molecular complexity index is 416. The summed E-state index contributed by atoms with van der Waals surface area (Å²) in [5, 5.41) is 2.38. The number of pyridine rings is 1. The van der Waals surface area contributed by atoms with Gasteiger partial charge in [-0.25, -0.2) is 8.78 Å². The fraction of sp³-hybridized carbons (Fsp3) is 0.455. The van der Waals surface area contributed by atoms with E-state index in [4.69, 9.17) is 0 Å². The predicted octanol–water partition coefficient (Wildman–Crippen LogP) is 1.92. The van der Waals surface area contributed by atoms with Crippen molar-refractivity contribution >= 4 is 5.91 Å². The Balaban J connectivity index is 2.09. The highest BCUT2D eigenvalue weighted by Gasteiger charge is 2.52. The van der Waals surface area contributed by atoms with E-state index in [1.165, 1.54) is 6.20 Å². The zero-order valence-electron chi connectivity index (χ0n) is 8.84. The number of alkyl halides is 2. The SMILES string of the molecule is Cc1cncc(C(=O)NC2(C(F)F)CC2)c1. The van der Waals surface area contributed by atoms with Crippen LogP contribution in [0.4, 0.5) is 8.78 Å². The number of halogens is 2. The molecule has 2 rings (SSSR count). The molecule has 1 aromatic rings. The van der Waals surface area contributed by atoms with Crippen LogP contribution in [0.2, 0.25) is 0 Å². The molecule has 5 heteroatoms. The topological polar surface area (TPSA) is 42.0 Å². The molecule has 1 aliphatic carbocycles. The Morgan fingerprint density at radius 3 is 2.69 bits per heavy atom. The van der Waals surface area contributed by atoms with Crippen LogP contribution in [0.15, 0.2) is 18.5 Å². The summed E-state index contributed by atoms with van der Waals surface area (Å²) in [5.74, 6) is -0.478. The molecule has 1 aromatic heterocycles. The lowest BCUT2D eigenvalue weighted by atomic mass is 10.2. The highest BCUT2D eigenvalue weighted by Crippen LogP contribution is 2.41. The van der Waals surface area contributed by atoms with Gasteiger partial charge in [0.2, 0.25) is 0 Å². The summed E-state index contributed by atoms with van der Waals surface area (Å²) < 4.78 is 25.2. The van der Waals surface area contributed by atoms with Gasteiger partial charge >= 0.3 is 0 Å². The number of amides is 1. The molecule has 0 aromatic carbocycles. The minimum absolute atomic E-state index is 0.326. The number of carbonyl (C=O) groups is 1. The Labute approximate surface area is 91.9 Å². The van der Waals surface area contributed by atoms with E-state index in [0.717, 1.165) is 5.56 Å². The van der Waals surface area contributed by atoms with Crippen molar-refractivity contribution in [3.8, 4) is 0 Å². The van der Waals surface area contributed by atoms with Gasteiger partial charge < -0.3 is 5.32 Å². The van der Waals surface area contributed by atoms with E-state index < -0.39 is 17.9 Å². The highest BCUT2D eigenvalue weighted by molar-refractivity contribution is 5.94. The van der Waals surface area contributed by atoms with E-state index in [-0.39, 0.29) is 0 Å². The summed E-state index contributed by atoms with van der Waals surface area (Å²) in [6.45, 7) is 1.80. The lowest BCUT2D eigenvalue weighted by molar-refractivity contribution is 0.0679. The van der Waals surface area contributed by atoms with Crippen LogP contribution in [-0.2, 0) is 0 Å². The van der Waals surface area contributed by atoms with Gasteiger partial charge in [-0.3, -0.25) is 9.78 Å². The van der Waals surface area contributed by atoms with Crippen LogP contribution in [0.5, 0.6) is 0 Å². The highest BCUT2D eigenvalue weighted by atomic mass is 19.3. The van der Waals surface area contributed by atoms with Gasteiger partial charge in [0.25, 0.3) is 12.3 Å². The fourth-order valence-electron chi connectivity index (χ4n) is 1.51. The van der Waals surface area contributed by atoms with Crippen LogP contribution in [-0.4, -0.2) is 22.9 Å². The van der Waals surface area contributed by atoms with Crippen molar-refractivity contribution in [2.45, 2.75) is 31.7 Å². The lowest BCUT2D eigenvalue weighted by Gasteiger charge is -2.16. The first-order chi connectivity index (χ1) is 7.53. The van der Waals surface area contributed by atoms with Crippen LogP contribution in [0.3, 0.4) is 0 Å². The summed E-state index contributed by atoms with van der Waals surface area (Å²) in [6.07, 6.45) is 1.17. The first kappa shape index (κ1) is 11.0. The van der Waals surface area contributed by atoms with E-state index in [9.17, 15) is 13.6 Å². The monoisotopic (exact) mass is 226 g/mol. The van der Waals surface area contributed by atoms with Gasteiger partial charge in [0.05, 0.1) is 5.56 Å². The van der Waals surface area contributed by atoms with E-state index in [1.807, 2.05) is 0 Å². The van der Waals surface area contributed by atoms with Crippen LogP contribution in [0.1, 0.15) is 28.8 Å². The van der Waals surface area contributed by atoms with Crippen molar-refractivity contribution in [1.29, 1.82) is 0 Å². The van der Waals surface area contributed by atoms with E-state index in [0.29, 0.717) is 18.4 Å². The van der Waals surface area contributed by atoms with Gasteiger partial charge in [0.1, 0.15) is 5.54 Å². The van der Waals surface area contributed by atoms with Crippen molar-refractivity contribution in [3.63, 3.8) is 0 Å². The molecule has 0 atom stereocenters. The summed E-state index contributed by atoms with van der Waals surface area (Å²) >= 11 is 0. The number of nitrogens with zero attached hydrogens (tertiary/aromatic N) is 1. The van der Waals surface area contributed by atoms with Crippen molar-refractivity contribution in [2.75, 3.05) is 0 Å². The largest absolute Gasteiger partial charge is 0.341 e. The number of nitrogens with one attached hydrogen (secondary N) is 1. The maximum Gasteiger partial charge on any atom is 0.261 e. The van der Waals surface area contributed by atoms with E-state index in [2.05, 4.69) is 10.3 Å². The molecule has 86 valence electrons.